The first-order valence-electron chi connectivity index (χ1n) is 11.3. The van der Waals surface area contributed by atoms with Crippen molar-refractivity contribution in [3.63, 3.8) is 0 Å². The molecule has 1 aliphatic rings. The summed E-state index contributed by atoms with van der Waals surface area (Å²) in [5.74, 6) is 0. The van der Waals surface area contributed by atoms with Gasteiger partial charge in [-0.3, -0.25) is 4.68 Å². The van der Waals surface area contributed by atoms with Crippen molar-refractivity contribution < 1.29 is 14.0 Å². The summed E-state index contributed by atoms with van der Waals surface area (Å²) in [6.07, 6.45) is 5.78. The molecule has 0 saturated carbocycles. The van der Waals surface area contributed by atoms with Crippen LogP contribution < -0.4 is 5.46 Å². The predicted octanol–water partition coefficient (Wildman–Crippen LogP) is 4.05. The molecule has 4 heterocycles. The molecule has 172 valence electrons. The van der Waals surface area contributed by atoms with E-state index < -0.39 is 26.4 Å². The van der Waals surface area contributed by atoms with Gasteiger partial charge in [0.1, 0.15) is 12.4 Å². The van der Waals surface area contributed by atoms with Gasteiger partial charge >= 0.3 is 7.12 Å². The third-order valence-electron chi connectivity index (χ3n) is 6.58. The second-order valence-electron chi connectivity index (χ2n) is 10.9. The van der Waals surface area contributed by atoms with Gasteiger partial charge in [0.25, 0.3) is 0 Å². The van der Waals surface area contributed by atoms with E-state index in [0.29, 0.717) is 6.73 Å². The van der Waals surface area contributed by atoms with Gasteiger partial charge in [-0.2, -0.15) is 5.10 Å². The number of fused-ring (bicyclic) bond motifs is 1. The van der Waals surface area contributed by atoms with Crippen molar-refractivity contribution in [2.24, 2.45) is 7.05 Å². The molecule has 0 unspecified atom stereocenters. The summed E-state index contributed by atoms with van der Waals surface area (Å²) in [4.78, 5) is 4.81. The van der Waals surface area contributed by atoms with Gasteiger partial charge in [-0.15, -0.1) is 0 Å². The Hall–Kier alpha value is -1.94. The van der Waals surface area contributed by atoms with Crippen LogP contribution in [0.25, 0.3) is 22.3 Å². The molecule has 0 atom stereocenters. The van der Waals surface area contributed by atoms with Gasteiger partial charge in [-0.25, -0.2) is 4.98 Å². The van der Waals surface area contributed by atoms with Crippen molar-refractivity contribution in [2.75, 3.05) is 6.61 Å². The van der Waals surface area contributed by atoms with Crippen LogP contribution in [0.15, 0.2) is 30.7 Å². The van der Waals surface area contributed by atoms with Gasteiger partial charge in [-0.1, -0.05) is 19.6 Å². The van der Waals surface area contributed by atoms with Crippen LogP contribution in [-0.4, -0.2) is 52.3 Å². The van der Waals surface area contributed by atoms with Crippen LogP contribution in [-0.2, 0) is 27.8 Å². The number of hydrogen-bond acceptors (Lipinski definition) is 5. The fourth-order valence-corrected chi connectivity index (χ4v) is 4.53. The second-order valence-corrected chi connectivity index (χ2v) is 16.6. The Morgan fingerprint density at radius 1 is 1.12 bits per heavy atom. The van der Waals surface area contributed by atoms with Gasteiger partial charge in [0.15, 0.2) is 0 Å². The highest BCUT2D eigenvalue weighted by Crippen LogP contribution is 2.37. The molecular weight excluding hydrogens is 419 g/mol. The molecule has 4 rings (SSSR count). The Labute approximate surface area is 192 Å². The first-order chi connectivity index (χ1) is 14.9. The largest absolute Gasteiger partial charge is 0.496 e. The smallest absolute Gasteiger partial charge is 0.399 e. The number of hydrogen-bond donors (Lipinski definition) is 0. The minimum absolute atomic E-state index is 0.395. The average Bonchev–Trinajstić information content (AvgIpc) is 3.31. The number of aryl methyl sites for hydroxylation is 1. The standard InChI is InChI=1S/C23H35BN4O3Si/c1-22(2)23(3,4)31-24(30-22)17-13-18-19(20-9-10-26-27(20)5)15-28(21(18)25-14-17)16-29-11-12-32(6,7)8/h9-10,13-15H,11-12,16H2,1-8H3. The molecule has 1 saturated heterocycles. The summed E-state index contributed by atoms with van der Waals surface area (Å²) < 4.78 is 22.5. The molecule has 0 aliphatic carbocycles. The Morgan fingerprint density at radius 2 is 1.81 bits per heavy atom. The summed E-state index contributed by atoms with van der Waals surface area (Å²) in [5, 5.41) is 5.40. The summed E-state index contributed by atoms with van der Waals surface area (Å²) in [6.45, 7) is 16.6. The molecule has 1 aliphatic heterocycles. The van der Waals surface area contributed by atoms with E-state index in [1.807, 2.05) is 30.2 Å². The molecule has 0 spiro atoms. The molecule has 0 amide bonds. The highest BCUT2D eigenvalue weighted by atomic mass is 28.3. The summed E-state index contributed by atoms with van der Waals surface area (Å²) in [6, 6.07) is 5.29. The Morgan fingerprint density at radius 3 is 2.41 bits per heavy atom. The van der Waals surface area contributed by atoms with Gasteiger partial charge < -0.3 is 18.6 Å². The number of rotatable bonds is 7. The van der Waals surface area contributed by atoms with E-state index in [0.717, 1.165) is 40.4 Å². The molecule has 0 N–H and O–H groups in total. The molecule has 0 aromatic carbocycles. The Bertz CT molecular complexity index is 1100. The predicted molar refractivity (Wildman–Crippen MR) is 132 cm³/mol. The first-order valence-corrected chi connectivity index (χ1v) is 15.0. The summed E-state index contributed by atoms with van der Waals surface area (Å²) >= 11 is 0. The maximum atomic E-state index is 6.26. The average molecular weight is 454 g/mol. The number of nitrogens with zero attached hydrogens (tertiary/aromatic N) is 4. The zero-order valence-corrected chi connectivity index (χ0v) is 21.6. The van der Waals surface area contributed by atoms with Crippen molar-refractivity contribution in [3.05, 3.63) is 30.7 Å². The van der Waals surface area contributed by atoms with Crippen molar-refractivity contribution in [1.82, 2.24) is 19.3 Å². The zero-order valence-electron chi connectivity index (χ0n) is 20.6. The lowest BCUT2D eigenvalue weighted by molar-refractivity contribution is 0.00578. The van der Waals surface area contributed by atoms with Crippen molar-refractivity contribution >= 4 is 31.7 Å². The lowest BCUT2D eigenvalue weighted by atomic mass is 9.80. The van der Waals surface area contributed by atoms with E-state index in [9.17, 15) is 0 Å². The highest BCUT2D eigenvalue weighted by molar-refractivity contribution is 6.76. The summed E-state index contributed by atoms with van der Waals surface area (Å²) in [5.41, 5.74) is 3.11. The van der Waals surface area contributed by atoms with E-state index in [4.69, 9.17) is 19.0 Å². The van der Waals surface area contributed by atoms with Crippen molar-refractivity contribution in [2.45, 2.75) is 71.3 Å². The SMILES string of the molecule is Cn1nccc1-c1cn(COCC[Si](C)(C)C)c2ncc(B3OC(C)(C)C(C)(C)O3)cc12. The number of ether oxygens (including phenoxy) is 1. The fourth-order valence-electron chi connectivity index (χ4n) is 3.78. The minimum atomic E-state index is -1.13. The normalized spacial score (nSPS) is 18.1. The van der Waals surface area contributed by atoms with E-state index >= 15 is 0 Å². The highest BCUT2D eigenvalue weighted by Gasteiger charge is 2.51. The Balaban J connectivity index is 1.69. The zero-order chi connectivity index (χ0) is 23.3. The molecule has 3 aromatic heterocycles. The molecule has 0 radical (unpaired) electrons. The monoisotopic (exact) mass is 454 g/mol. The number of aromatic nitrogens is 4. The van der Waals surface area contributed by atoms with Crippen LogP contribution in [0.2, 0.25) is 25.7 Å². The Kier molecular flexibility index (Phi) is 5.90. The van der Waals surface area contributed by atoms with Crippen LogP contribution in [0.5, 0.6) is 0 Å². The second kappa shape index (κ2) is 8.13. The molecular formula is C23H35BN4O3Si. The van der Waals surface area contributed by atoms with Crippen LogP contribution >= 0.6 is 0 Å². The van der Waals surface area contributed by atoms with Crippen LogP contribution in [0.4, 0.5) is 0 Å². The summed E-state index contributed by atoms with van der Waals surface area (Å²) in [7, 11) is 0.371. The van der Waals surface area contributed by atoms with Crippen LogP contribution in [0.1, 0.15) is 27.7 Å². The minimum Gasteiger partial charge on any atom is -0.399 e. The number of pyridine rings is 1. The molecule has 0 bridgehead atoms. The maximum absolute atomic E-state index is 6.26. The molecule has 3 aromatic rings. The quantitative estimate of drug-likeness (QED) is 0.398. The van der Waals surface area contributed by atoms with Gasteiger partial charge in [0.05, 0.1) is 16.9 Å². The van der Waals surface area contributed by atoms with E-state index in [1.165, 1.54) is 0 Å². The molecule has 9 heteroatoms. The van der Waals surface area contributed by atoms with Gasteiger partial charge in [-0.05, 0) is 45.9 Å². The van der Waals surface area contributed by atoms with Gasteiger partial charge in [0.2, 0.25) is 0 Å². The third kappa shape index (κ3) is 4.44. The van der Waals surface area contributed by atoms with Crippen LogP contribution in [0.3, 0.4) is 0 Å². The van der Waals surface area contributed by atoms with E-state index in [1.54, 1.807) is 0 Å². The molecule has 32 heavy (non-hydrogen) atoms. The van der Waals surface area contributed by atoms with Crippen molar-refractivity contribution in [1.29, 1.82) is 0 Å². The fraction of sp³-hybridized carbons (Fsp3) is 0.565. The lowest BCUT2D eigenvalue weighted by Crippen LogP contribution is -2.41. The topological polar surface area (TPSA) is 63.3 Å². The molecule has 7 nitrogen and oxygen atoms in total. The van der Waals surface area contributed by atoms with Gasteiger partial charge in [0, 0.05) is 56.7 Å². The van der Waals surface area contributed by atoms with E-state index in [2.05, 4.69) is 69.3 Å². The van der Waals surface area contributed by atoms with E-state index in [-0.39, 0.29) is 0 Å². The third-order valence-corrected chi connectivity index (χ3v) is 8.29. The lowest BCUT2D eigenvalue weighted by Gasteiger charge is -2.32. The first kappa shape index (κ1) is 23.2. The van der Waals surface area contributed by atoms with Crippen molar-refractivity contribution in [3.8, 4) is 11.3 Å². The molecule has 1 fully saturated rings. The van der Waals surface area contributed by atoms with Crippen LogP contribution in [0, 0.1) is 0 Å². The maximum Gasteiger partial charge on any atom is 0.496 e.